The number of phenolic OH excluding ortho intramolecular Hbond substituents is 1. The van der Waals surface area contributed by atoms with Gasteiger partial charge in [0.05, 0.1) is 28.0 Å². The summed E-state index contributed by atoms with van der Waals surface area (Å²) in [6.07, 6.45) is 1.64. The molecule has 6 aromatic carbocycles. The van der Waals surface area contributed by atoms with Crippen molar-refractivity contribution in [2.75, 3.05) is 0 Å². The molecule has 0 bridgehead atoms. The Morgan fingerprint density at radius 2 is 1.24 bits per heavy atom. The van der Waals surface area contributed by atoms with Crippen molar-refractivity contribution in [2.24, 2.45) is 0 Å². The molecule has 67 heavy (non-hydrogen) atoms. The topological polar surface area (TPSA) is 50.9 Å². The second-order valence-corrected chi connectivity index (χ2v) is 20.3. The number of imidazole rings is 1. The lowest BCUT2D eigenvalue weighted by atomic mass is 9.83. The first-order valence-corrected chi connectivity index (χ1v) is 23.3. The third-order valence-electron chi connectivity index (χ3n) is 13.0. The van der Waals surface area contributed by atoms with Crippen molar-refractivity contribution >= 4 is 11.0 Å². The molecular weight excluding hydrogens is 815 g/mol. The maximum absolute atomic E-state index is 12.4. The van der Waals surface area contributed by atoms with Gasteiger partial charge < -0.3 is 5.11 Å². The molecule has 0 fully saturated rings. The van der Waals surface area contributed by atoms with Crippen molar-refractivity contribution in [3.63, 3.8) is 0 Å². The van der Waals surface area contributed by atoms with Gasteiger partial charge >= 0.3 is 0 Å². The van der Waals surface area contributed by atoms with Crippen LogP contribution in [0, 0.1) is 6.85 Å². The summed E-state index contributed by atoms with van der Waals surface area (Å²) in [5.74, 6) is -0.336. The van der Waals surface area contributed by atoms with Gasteiger partial charge in [-0.15, -0.1) is 0 Å². The van der Waals surface area contributed by atoms with E-state index in [0.29, 0.717) is 50.5 Å². The summed E-state index contributed by atoms with van der Waals surface area (Å²) in [7, 11) is 0. The predicted molar refractivity (Wildman–Crippen MR) is 286 cm³/mol. The summed E-state index contributed by atoms with van der Waals surface area (Å²) in [4.78, 5) is 10.3. The van der Waals surface area contributed by atoms with Crippen molar-refractivity contribution in [3.05, 3.63) is 166 Å². The minimum absolute atomic E-state index is 0.0503. The number of aryl methyl sites for hydroxylation is 1. The normalized spacial score (nSPS) is 16.2. The van der Waals surface area contributed by atoms with Gasteiger partial charge in [0.15, 0.2) is 0 Å². The number of fused-ring (bicyclic) bond motifs is 1. The molecule has 0 unspecified atom stereocenters. The third-order valence-corrected chi connectivity index (χ3v) is 13.0. The molecular formula is C63H71N3O. The van der Waals surface area contributed by atoms with Gasteiger partial charge in [-0.3, -0.25) is 9.55 Å². The lowest BCUT2D eigenvalue weighted by Crippen LogP contribution is -2.11. The SMILES string of the molecule is [2H]C([2H])([2H])c1cc(-c2cc(C(C)C)cc(C([2H])(C)C)c2)ccc1-n1c(-c2cc(C(C)C)cc(C(C)C)c2O)nc2c(-c3cc(-c4cc(-c5ccc(C(C([2H])([2H])[2H])(C([2H])([2H])[2H])C([2H])([2H])[2H])cc5)ccn4)cc(C(C)(C)C)c3)cccc21. The number of aromatic hydroxyl groups is 1. The number of rotatable bonds is 10. The fourth-order valence-electron chi connectivity index (χ4n) is 8.78. The van der Waals surface area contributed by atoms with Gasteiger partial charge in [-0.2, -0.15) is 0 Å². The van der Waals surface area contributed by atoms with Crippen LogP contribution in [0.3, 0.4) is 0 Å². The van der Waals surface area contributed by atoms with Gasteiger partial charge in [0.25, 0.3) is 0 Å². The Kier molecular flexibility index (Phi) is 8.98. The molecule has 0 aliphatic rings. The highest BCUT2D eigenvalue weighted by atomic mass is 16.3. The van der Waals surface area contributed by atoms with Crippen LogP contribution in [-0.4, -0.2) is 19.6 Å². The van der Waals surface area contributed by atoms with Crippen molar-refractivity contribution in [1.29, 1.82) is 0 Å². The summed E-state index contributed by atoms with van der Waals surface area (Å²) in [5, 5.41) is 12.4. The van der Waals surface area contributed by atoms with Gasteiger partial charge in [0.2, 0.25) is 0 Å². The van der Waals surface area contributed by atoms with Gasteiger partial charge in [-0.05, 0) is 157 Å². The van der Waals surface area contributed by atoms with Crippen molar-refractivity contribution in [2.45, 2.75) is 138 Å². The highest BCUT2D eigenvalue weighted by Crippen LogP contribution is 2.44. The van der Waals surface area contributed by atoms with Crippen molar-refractivity contribution in [3.8, 4) is 67.5 Å². The molecule has 4 heteroatoms. The van der Waals surface area contributed by atoms with E-state index in [1.807, 2.05) is 99.0 Å². The second-order valence-electron chi connectivity index (χ2n) is 20.3. The van der Waals surface area contributed by atoms with Gasteiger partial charge in [0.1, 0.15) is 11.6 Å². The van der Waals surface area contributed by atoms with E-state index in [2.05, 4.69) is 66.7 Å². The Labute approximate surface area is 419 Å². The number of hydrogen-bond acceptors (Lipinski definition) is 3. The maximum atomic E-state index is 12.4. The first-order chi connectivity index (χ1) is 36.8. The molecule has 2 heterocycles. The maximum Gasteiger partial charge on any atom is 0.149 e. The highest BCUT2D eigenvalue weighted by molar-refractivity contribution is 5.97. The molecule has 344 valence electrons. The van der Waals surface area contributed by atoms with Crippen LogP contribution in [0.4, 0.5) is 0 Å². The van der Waals surface area contributed by atoms with Crippen LogP contribution >= 0.6 is 0 Å². The summed E-state index contributed by atoms with van der Waals surface area (Å²) in [5.41, 5.74) is 8.28. The minimum atomic E-state index is -3.40. The number of aromatic nitrogens is 3. The Morgan fingerprint density at radius 1 is 0.567 bits per heavy atom. The average Bonchev–Trinajstić information content (AvgIpc) is 3.92. The number of pyridine rings is 1. The Balaban J connectivity index is 1.37. The lowest BCUT2D eigenvalue weighted by Gasteiger charge is -2.22. The van der Waals surface area contributed by atoms with Crippen LogP contribution in [0.1, 0.15) is 177 Å². The standard InChI is InChI=1S/C63H71N3O/c1-37(2)45-28-46(38(3)4)30-48(29-45)43-21-24-57(41(9)27-43)66-58-18-16-17-53(59(58)65-61(66)55-35-47(39(5)6)34-54(40(7)8)60(55)67)49-31-50(33-52(32-49)63(13,14)15)56-36-44(25-26-64-56)42-19-22-51(23-20-42)62(10,11)12/h16-40,67H,1-15H3/i9D3,10D3,11D3,12D3,37D. The number of phenols is 1. The molecule has 0 radical (unpaired) electrons. The summed E-state index contributed by atoms with van der Waals surface area (Å²) >= 11 is 0. The molecule has 0 amide bonds. The zero-order valence-corrected chi connectivity index (χ0v) is 40.6. The predicted octanol–water partition coefficient (Wildman–Crippen LogP) is 17.9. The minimum Gasteiger partial charge on any atom is -0.507 e. The quantitative estimate of drug-likeness (QED) is 0.149. The van der Waals surface area contributed by atoms with Gasteiger partial charge in [-0.25, -0.2) is 4.98 Å². The fraction of sp³-hybridized carbons (Fsp3) is 0.333. The average molecular weight is 899 g/mol. The van der Waals surface area contributed by atoms with Crippen molar-refractivity contribution in [1.82, 2.24) is 14.5 Å². The van der Waals surface area contributed by atoms with E-state index >= 15 is 0 Å². The van der Waals surface area contributed by atoms with Crippen LogP contribution in [0.2, 0.25) is 0 Å². The highest BCUT2D eigenvalue weighted by Gasteiger charge is 2.26. The van der Waals surface area contributed by atoms with E-state index < -0.39 is 38.7 Å². The summed E-state index contributed by atoms with van der Waals surface area (Å²) < 4.78 is 112. The monoisotopic (exact) mass is 899 g/mol. The number of hydrogen-bond donors (Lipinski definition) is 1. The van der Waals surface area contributed by atoms with Crippen molar-refractivity contribution < 1.29 is 22.9 Å². The Hall–Kier alpha value is -6.26. The summed E-state index contributed by atoms with van der Waals surface area (Å²) in [6, 6.07) is 36.7. The second kappa shape index (κ2) is 18.1. The Morgan fingerprint density at radius 3 is 1.90 bits per heavy atom. The Bertz CT molecular complexity index is 3590. The van der Waals surface area contributed by atoms with E-state index in [4.69, 9.17) is 27.8 Å². The van der Waals surface area contributed by atoms with Crippen LogP contribution in [0.5, 0.6) is 5.75 Å². The number of para-hydroxylation sites is 1. The first-order valence-electron chi connectivity index (χ1n) is 29.8. The molecule has 0 saturated carbocycles. The zero-order chi connectivity index (χ0) is 59.2. The molecule has 0 saturated heterocycles. The van der Waals surface area contributed by atoms with E-state index in [-0.39, 0.29) is 40.0 Å². The lowest BCUT2D eigenvalue weighted by molar-refractivity contribution is 0.466. The zero-order valence-electron chi connectivity index (χ0n) is 53.6. The molecule has 0 aliphatic carbocycles. The fourth-order valence-corrected chi connectivity index (χ4v) is 8.78. The molecule has 8 rings (SSSR count). The largest absolute Gasteiger partial charge is 0.507 e. The van der Waals surface area contributed by atoms with E-state index in [0.717, 1.165) is 50.1 Å². The van der Waals surface area contributed by atoms with Crippen LogP contribution in [0.15, 0.2) is 128 Å². The number of nitrogens with zero attached hydrogens (tertiary/aromatic N) is 3. The number of benzene rings is 6. The molecule has 4 nitrogen and oxygen atoms in total. The smallest absolute Gasteiger partial charge is 0.149 e. The van der Waals surface area contributed by atoms with Crippen LogP contribution < -0.4 is 0 Å². The third kappa shape index (κ3) is 9.51. The van der Waals surface area contributed by atoms with Gasteiger partial charge in [-0.1, -0.05) is 170 Å². The van der Waals surface area contributed by atoms with Gasteiger partial charge in [0, 0.05) is 35.1 Å². The molecule has 2 aromatic heterocycles. The van der Waals surface area contributed by atoms with Crippen LogP contribution in [-0.2, 0) is 10.8 Å². The molecule has 0 spiro atoms. The van der Waals surface area contributed by atoms with E-state index in [9.17, 15) is 5.11 Å². The van der Waals surface area contributed by atoms with E-state index in [1.54, 1.807) is 18.3 Å². The van der Waals surface area contributed by atoms with E-state index in [1.165, 1.54) is 24.3 Å². The van der Waals surface area contributed by atoms with Crippen LogP contribution in [0.25, 0.3) is 72.7 Å². The molecule has 0 aliphatic heterocycles. The first kappa shape index (κ1) is 33.3. The molecule has 0 atom stereocenters. The summed E-state index contributed by atoms with van der Waals surface area (Å²) in [6.45, 7) is 9.62. The molecule has 8 aromatic rings. The molecule has 1 N–H and O–H groups in total.